The molecule has 188 valence electrons. The highest BCUT2D eigenvalue weighted by Crippen LogP contribution is 2.40. The molecule has 1 N–H and O–H groups in total. The molecule has 0 heterocycles. The van der Waals surface area contributed by atoms with Gasteiger partial charge in [0.05, 0.1) is 13.0 Å². The molecular weight excluding hydrogens is 430 g/mol. The summed E-state index contributed by atoms with van der Waals surface area (Å²) in [6.07, 6.45) is 5.09. The van der Waals surface area contributed by atoms with Crippen molar-refractivity contribution in [1.82, 2.24) is 5.32 Å². The lowest BCUT2D eigenvalue weighted by molar-refractivity contribution is -0.146. The van der Waals surface area contributed by atoms with Gasteiger partial charge in [-0.1, -0.05) is 66.5 Å². The standard InChI is InChI=1S/C27H47NO4Si/c1-11-14-21-16-20(18-23(26(30)31-8)24(13-3)28-19(4)29)17-22(15-12-2)25(21)32-33(9,10)27(5,6)7/h16-17,23-24H,11-15,18H2,1-10H3,(H,28,29). The molecule has 0 aliphatic heterocycles. The number of hydrogen-bond donors (Lipinski definition) is 1. The third kappa shape index (κ3) is 8.16. The summed E-state index contributed by atoms with van der Waals surface area (Å²) in [5.74, 6) is 0.205. The summed E-state index contributed by atoms with van der Waals surface area (Å²) in [5, 5.41) is 3.06. The number of carbonyl (C=O) groups excluding carboxylic acids is 2. The van der Waals surface area contributed by atoms with Crippen molar-refractivity contribution < 1.29 is 18.8 Å². The second kappa shape index (κ2) is 12.6. The summed E-state index contributed by atoms with van der Waals surface area (Å²) in [6, 6.07) is 4.16. The maximum atomic E-state index is 12.7. The van der Waals surface area contributed by atoms with Crippen LogP contribution in [0.2, 0.25) is 18.1 Å². The molecule has 33 heavy (non-hydrogen) atoms. The molecule has 1 aromatic carbocycles. The largest absolute Gasteiger partial charge is 0.543 e. The zero-order valence-electron chi connectivity index (χ0n) is 22.7. The summed E-state index contributed by atoms with van der Waals surface area (Å²) in [5.41, 5.74) is 3.54. The number of methoxy groups -OCH3 is 1. The molecule has 0 saturated carbocycles. The van der Waals surface area contributed by atoms with Gasteiger partial charge in [0, 0.05) is 13.0 Å². The van der Waals surface area contributed by atoms with Crippen molar-refractivity contribution in [2.45, 2.75) is 111 Å². The van der Waals surface area contributed by atoms with Crippen molar-refractivity contribution in [3.05, 3.63) is 28.8 Å². The molecule has 5 nitrogen and oxygen atoms in total. The Hall–Kier alpha value is -1.82. The minimum Gasteiger partial charge on any atom is -0.543 e. The van der Waals surface area contributed by atoms with Gasteiger partial charge in [-0.3, -0.25) is 9.59 Å². The van der Waals surface area contributed by atoms with E-state index in [9.17, 15) is 9.59 Å². The Morgan fingerprint density at radius 2 is 1.55 bits per heavy atom. The average Bonchev–Trinajstić information content (AvgIpc) is 2.71. The van der Waals surface area contributed by atoms with E-state index >= 15 is 0 Å². The number of aryl methyl sites for hydroxylation is 2. The van der Waals surface area contributed by atoms with Crippen molar-refractivity contribution >= 4 is 20.2 Å². The Morgan fingerprint density at radius 3 is 1.91 bits per heavy atom. The molecule has 2 atom stereocenters. The van der Waals surface area contributed by atoms with Gasteiger partial charge in [-0.2, -0.15) is 0 Å². The summed E-state index contributed by atoms with van der Waals surface area (Å²) in [4.78, 5) is 24.4. The quantitative estimate of drug-likeness (QED) is 0.287. The van der Waals surface area contributed by atoms with Crippen LogP contribution in [0.3, 0.4) is 0 Å². The van der Waals surface area contributed by atoms with Crippen molar-refractivity contribution in [2.24, 2.45) is 5.92 Å². The zero-order chi connectivity index (χ0) is 25.4. The van der Waals surface area contributed by atoms with Crippen LogP contribution in [0.15, 0.2) is 12.1 Å². The van der Waals surface area contributed by atoms with Crippen LogP contribution in [-0.4, -0.2) is 33.3 Å². The fraction of sp³-hybridized carbons (Fsp3) is 0.704. The fourth-order valence-corrected chi connectivity index (χ4v) is 5.02. The van der Waals surface area contributed by atoms with Crippen LogP contribution in [0.25, 0.3) is 0 Å². The van der Waals surface area contributed by atoms with Gasteiger partial charge in [0.1, 0.15) is 5.75 Å². The van der Waals surface area contributed by atoms with E-state index in [2.05, 4.69) is 65.2 Å². The van der Waals surface area contributed by atoms with Crippen molar-refractivity contribution in [1.29, 1.82) is 0 Å². The van der Waals surface area contributed by atoms with Crippen molar-refractivity contribution in [3.63, 3.8) is 0 Å². The lowest BCUT2D eigenvalue weighted by Crippen LogP contribution is -2.44. The Balaban J connectivity index is 3.52. The monoisotopic (exact) mass is 477 g/mol. The Labute approximate surface area is 203 Å². The Bertz CT molecular complexity index is 771. The van der Waals surface area contributed by atoms with E-state index in [0.717, 1.165) is 37.0 Å². The van der Waals surface area contributed by atoms with E-state index in [1.165, 1.54) is 25.2 Å². The van der Waals surface area contributed by atoms with Gasteiger partial charge in [-0.25, -0.2) is 0 Å². The van der Waals surface area contributed by atoms with Gasteiger partial charge in [-0.15, -0.1) is 0 Å². The molecule has 1 aromatic rings. The molecule has 0 bridgehead atoms. The summed E-state index contributed by atoms with van der Waals surface area (Å²) in [7, 11) is -0.590. The van der Waals surface area contributed by atoms with Crippen LogP contribution in [0, 0.1) is 5.92 Å². The molecule has 0 aliphatic rings. The molecule has 2 unspecified atom stereocenters. The van der Waals surface area contributed by atoms with E-state index in [-0.39, 0.29) is 23.0 Å². The summed E-state index contributed by atoms with van der Waals surface area (Å²) in [6.45, 7) is 19.2. The highest BCUT2D eigenvalue weighted by molar-refractivity contribution is 6.74. The van der Waals surface area contributed by atoms with Gasteiger partial charge in [0.15, 0.2) is 0 Å². The second-order valence-electron chi connectivity index (χ2n) is 10.7. The first-order valence-electron chi connectivity index (χ1n) is 12.5. The Kier molecular flexibility index (Phi) is 11.1. The summed E-state index contributed by atoms with van der Waals surface area (Å²) < 4.78 is 12.0. The highest BCUT2D eigenvalue weighted by atomic mass is 28.4. The molecule has 6 heteroatoms. The molecule has 0 aromatic heterocycles. The van der Waals surface area contributed by atoms with E-state index in [4.69, 9.17) is 9.16 Å². The minimum atomic E-state index is -2.00. The number of esters is 1. The number of rotatable bonds is 12. The van der Waals surface area contributed by atoms with Crippen LogP contribution >= 0.6 is 0 Å². The smallest absolute Gasteiger partial charge is 0.311 e. The molecule has 0 saturated heterocycles. The second-order valence-corrected chi connectivity index (χ2v) is 15.4. The van der Waals surface area contributed by atoms with Crippen LogP contribution in [-0.2, 0) is 33.6 Å². The van der Waals surface area contributed by atoms with E-state index in [1.54, 1.807) is 0 Å². The number of nitrogens with one attached hydrogen (secondary N) is 1. The number of amides is 1. The molecular formula is C27H47NO4Si. The topological polar surface area (TPSA) is 64.6 Å². The van der Waals surface area contributed by atoms with Crippen LogP contribution in [0.4, 0.5) is 0 Å². The zero-order valence-corrected chi connectivity index (χ0v) is 23.7. The van der Waals surface area contributed by atoms with Gasteiger partial charge < -0.3 is 14.5 Å². The van der Waals surface area contributed by atoms with Gasteiger partial charge in [-0.05, 0) is 60.5 Å². The molecule has 0 aliphatic carbocycles. The van der Waals surface area contributed by atoms with E-state index < -0.39 is 14.2 Å². The summed E-state index contributed by atoms with van der Waals surface area (Å²) >= 11 is 0. The SMILES string of the molecule is CCCc1cc(CC(C(=O)OC)C(CC)NC(C)=O)cc(CCC)c1O[Si](C)(C)C(C)(C)C. The van der Waals surface area contributed by atoms with Crippen molar-refractivity contribution in [2.75, 3.05) is 7.11 Å². The maximum absolute atomic E-state index is 12.7. The van der Waals surface area contributed by atoms with Gasteiger partial charge in [0.25, 0.3) is 8.32 Å². The normalized spacial score (nSPS) is 13.9. The first-order chi connectivity index (χ1) is 15.3. The fourth-order valence-electron chi connectivity index (χ4n) is 3.94. The number of carbonyl (C=O) groups is 2. The number of hydrogen-bond acceptors (Lipinski definition) is 4. The number of benzene rings is 1. The third-order valence-corrected chi connectivity index (χ3v) is 11.1. The highest BCUT2D eigenvalue weighted by Gasteiger charge is 2.40. The lowest BCUT2D eigenvalue weighted by Gasteiger charge is -2.38. The minimum absolute atomic E-state index is 0.112. The first kappa shape index (κ1) is 29.2. The molecule has 0 fully saturated rings. The lowest BCUT2D eigenvalue weighted by atomic mass is 9.88. The first-order valence-corrected chi connectivity index (χ1v) is 15.4. The predicted molar refractivity (Wildman–Crippen MR) is 139 cm³/mol. The van der Waals surface area contributed by atoms with Crippen LogP contribution in [0.5, 0.6) is 5.75 Å². The maximum Gasteiger partial charge on any atom is 0.311 e. The third-order valence-electron chi connectivity index (χ3n) is 6.78. The Morgan fingerprint density at radius 1 is 1.03 bits per heavy atom. The molecule has 1 rings (SSSR count). The molecule has 0 radical (unpaired) electrons. The van der Waals surface area contributed by atoms with Gasteiger partial charge in [0.2, 0.25) is 5.91 Å². The van der Waals surface area contributed by atoms with Crippen molar-refractivity contribution in [3.8, 4) is 5.75 Å². The molecule has 1 amide bonds. The van der Waals surface area contributed by atoms with Crippen LogP contribution in [0.1, 0.15) is 84.4 Å². The average molecular weight is 478 g/mol. The van der Waals surface area contributed by atoms with E-state index in [0.29, 0.717) is 12.8 Å². The predicted octanol–water partition coefficient (Wildman–Crippen LogP) is 6.22. The molecule has 0 spiro atoms. The van der Waals surface area contributed by atoms with Gasteiger partial charge >= 0.3 is 5.97 Å². The van der Waals surface area contributed by atoms with E-state index in [1.807, 2.05) is 6.92 Å². The number of ether oxygens (including phenoxy) is 1. The van der Waals surface area contributed by atoms with Crippen LogP contribution < -0.4 is 9.74 Å².